The van der Waals surface area contributed by atoms with Crippen LogP contribution < -0.4 is 9.47 Å². The number of ether oxygens (including phenoxy) is 3. The molecular formula is C20H19BrO5. The quantitative estimate of drug-likeness (QED) is 0.381. The Bertz CT molecular complexity index is 811. The Hall–Kier alpha value is -2.60. The number of Topliss-reactive ketones (excluding diaryl/α,β-unsaturated/α-hetero) is 1. The summed E-state index contributed by atoms with van der Waals surface area (Å²) in [5, 5.41) is 0. The van der Waals surface area contributed by atoms with Gasteiger partial charge < -0.3 is 14.2 Å². The molecule has 0 aliphatic carbocycles. The van der Waals surface area contributed by atoms with E-state index in [1.165, 1.54) is 13.2 Å². The van der Waals surface area contributed by atoms with Crippen LogP contribution in [0.3, 0.4) is 0 Å². The van der Waals surface area contributed by atoms with Crippen molar-refractivity contribution in [1.29, 1.82) is 0 Å². The lowest BCUT2D eigenvalue weighted by Gasteiger charge is -2.11. The highest BCUT2D eigenvalue weighted by Gasteiger charge is 2.18. The number of rotatable bonds is 7. The molecule has 0 bridgehead atoms. The number of esters is 1. The van der Waals surface area contributed by atoms with Crippen molar-refractivity contribution in [2.45, 2.75) is 13.0 Å². The molecule has 2 aromatic rings. The topological polar surface area (TPSA) is 61.8 Å². The maximum Gasteiger partial charge on any atom is 0.331 e. The molecule has 26 heavy (non-hydrogen) atoms. The van der Waals surface area contributed by atoms with Crippen LogP contribution in [0.5, 0.6) is 11.5 Å². The predicted molar refractivity (Wildman–Crippen MR) is 103 cm³/mol. The Kier molecular flexibility index (Phi) is 6.97. The zero-order valence-electron chi connectivity index (χ0n) is 14.7. The minimum absolute atomic E-state index is 0.266. The Morgan fingerprint density at radius 1 is 1.04 bits per heavy atom. The molecule has 0 spiro atoms. The van der Waals surface area contributed by atoms with Gasteiger partial charge in [0.1, 0.15) is 11.5 Å². The Morgan fingerprint density at radius 2 is 1.73 bits per heavy atom. The molecule has 0 aliphatic rings. The standard InChI is InChI=1S/C20H19BrO5/c1-13(20(23)14-4-7-16(21)8-5-14)26-19(22)11-6-15-12-17(24-2)9-10-18(15)25-3/h4-13H,1-3H3/b11-6+. The number of halogens is 1. The summed E-state index contributed by atoms with van der Waals surface area (Å²) in [4.78, 5) is 24.3. The molecule has 2 rings (SSSR count). The maximum absolute atomic E-state index is 12.3. The predicted octanol–water partition coefficient (Wildman–Crippen LogP) is 4.29. The molecule has 136 valence electrons. The highest BCUT2D eigenvalue weighted by atomic mass is 79.9. The number of ketones is 1. The van der Waals surface area contributed by atoms with Gasteiger partial charge in [-0.25, -0.2) is 4.79 Å². The van der Waals surface area contributed by atoms with E-state index in [9.17, 15) is 9.59 Å². The number of hydrogen-bond donors (Lipinski definition) is 0. The van der Waals surface area contributed by atoms with Gasteiger partial charge in [0.2, 0.25) is 5.78 Å². The molecule has 0 radical (unpaired) electrons. The van der Waals surface area contributed by atoms with E-state index >= 15 is 0 Å². The molecule has 0 aliphatic heterocycles. The first kappa shape index (κ1) is 19.7. The van der Waals surface area contributed by atoms with Crippen molar-refractivity contribution in [3.05, 3.63) is 64.1 Å². The molecule has 0 heterocycles. The third kappa shape index (κ3) is 5.20. The molecule has 0 saturated heterocycles. The maximum atomic E-state index is 12.3. The molecule has 0 saturated carbocycles. The highest BCUT2D eigenvalue weighted by molar-refractivity contribution is 9.10. The lowest BCUT2D eigenvalue weighted by Crippen LogP contribution is -2.23. The van der Waals surface area contributed by atoms with Gasteiger partial charge in [0.15, 0.2) is 6.10 Å². The number of carbonyl (C=O) groups is 2. The van der Waals surface area contributed by atoms with Crippen molar-refractivity contribution < 1.29 is 23.8 Å². The molecular weight excluding hydrogens is 400 g/mol. The van der Waals surface area contributed by atoms with E-state index in [-0.39, 0.29) is 5.78 Å². The molecule has 1 atom stereocenters. The third-order valence-electron chi connectivity index (χ3n) is 3.63. The van der Waals surface area contributed by atoms with E-state index in [1.807, 2.05) is 0 Å². The normalized spacial score (nSPS) is 11.8. The van der Waals surface area contributed by atoms with Crippen LogP contribution in [0, 0.1) is 0 Å². The van der Waals surface area contributed by atoms with Crippen molar-refractivity contribution in [2.24, 2.45) is 0 Å². The highest BCUT2D eigenvalue weighted by Crippen LogP contribution is 2.25. The third-order valence-corrected chi connectivity index (χ3v) is 4.16. The average Bonchev–Trinajstić information content (AvgIpc) is 2.66. The van der Waals surface area contributed by atoms with Crippen LogP contribution in [0.1, 0.15) is 22.8 Å². The molecule has 6 heteroatoms. The van der Waals surface area contributed by atoms with Crippen LogP contribution >= 0.6 is 15.9 Å². The molecule has 0 fully saturated rings. The first-order chi connectivity index (χ1) is 12.4. The first-order valence-corrected chi connectivity index (χ1v) is 8.64. The van der Waals surface area contributed by atoms with Crippen LogP contribution in [0.4, 0.5) is 0 Å². The van der Waals surface area contributed by atoms with E-state index in [2.05, 4.69) is 15.9 Å². The molecule has 1 unspecified atom stereocenters. The second kappa shape index (κ2) is 9.20. The lowest BCUT2D eigenvalue weighted by molar-refractivity contribution is -0.140. The summed E-state index contributed by atoms with van der Waals surface area (Å²) in [6.07, 6.45) is 1.92. The van der Waals surface area contributed by atoms with E-state index in [0.717, 1.165) is 4.47 Å². The van der Waals surface area contributed by atoms with Gasteiger partial charge in [-0.2, -0.15) is 0 Å². The minimum Gasteiger partial charge on any atom is -0.497 e. The summed E-state index contributed by atoms with van der Waals surface area (Å²) < 4.78 is 16.5. The largest absolute Gasteiger partial charge is 0.497 e. The van der Waals surface area contributed by atoms with Crippen LogP contribution in [-0.4, -0.2) is 32.1 Å². The smallest absolute Gasteiger partial charge is 0.331 e. The van der Waals surface area contributed by atoms with Gasteiger partial charge in [0.05, 0.1) is 14.2 Å². The number of methoxy groups -OCH3 is 2. The van der Waals surface area contributed by atoms with Crippen LogP contribution in [0.2, 0.25) is 0 Å². The summed E-state index contributed by atoms with van der Waals surface area (Å²) in [5.74, 6) is 0.345. The summed E-state index contributed by atoms with van der Waals surface area (Å²) >= 11 is 3.31. The molecule has 0 N–H and O–H groups in total. The number of carbonyl (C=O) groups excluding carboxylic acids is 2. The second-order valence-electron chi connectivity index (χ2n) is 5.39. The van der Waals surface area contributed by atoms with Crippen molar-refractivity contribution in [3.8, 4) is 11.5 Å². The van der Waals surface area contributed by atoms with Gasteiger partial charge >= 0.3 is 5.97 Å². The minimum atomic E-state index is -0.888. The number of benzene rings is 2. The average molecular weight is 419 g/mol. The van der Waals surface area contributed by atoms with E-state index in [4.69, 9.17) is 14.2 Å². The molecule has 0 amide bonds. The van der Waals surface area contributed by atoms with E-state index in [1.54, 1.807) is 62.6 Å². The van der Waals surface area contributed by atoms with Gasteiger partial charge in [-0.05, 0) is 43.3 Å². The fourth-order valence-electron chi connectivity index (χ4n) is 2.24. The summed E-state index contributed by atoms with van der Waals surface area (Å²) in [6.45, 7) is 1.54. The van der Waals surface area contributed by atoms with Crippen molar-refractivity contribution >= 4 is 33.8 Å². The number of hydrogen-bond acceptors (Lipinski definition) is 5. The van der Waals surface area contributed by atoms with Crippen molar-refractivity contribution in [3.63, 3.8) is 0 Å². The van der Waals surface area contributed by atoms with Gasteiger partial charge in [0, 0.05) is 21.7 Å². The van der Waals surface area contributed by atoms with Crippen LogP contribution in [-0.2, 0) is 9.53 Å². The van der Waals surface area contributed by atoms with E-state index in [0.29, 0.717) is 22.6 Å². The van der Waals surface area contributed by atoms with Crippen molar-refractivity contribution in [2.75, 3.05) is 14.2 Å². The summed E-state index contributed by atoms with van der Waals surface area (Å²) in [7, 11) is 3.09. The van der Waals surface area contributed by atoms with Gasteiger partial charge in [0.25, 0.3) is 0 Å². The Balaban J connectivity index is 2.04. The first-order valence-electron chi connectivity index (χ1n) is 7.85. The van der Waals surface area contributed by atoms with Crippen LogP contribution in [0.15, 0.2) is 53.0 Å². The molecule has 5 nitrogen and oxygen atoms in total. The molecule has 0 aromatic heterocycles. The van der Waals surface area contributed by atoms with Gasteiger partial charge in [-0.1, -0.05) is 28.1 Å². The molecule has 2 aromatic carbocycles. The fourth-order valence-corrected chi connectivity index (χ4v) is 2.51. The second-order valence-corrected chi connectivity index (χ2v) is 6.31. The Labute approximate surface area is 160 Å². The SMILES string of the molecule is COc1ccc(OC)c(/C=C/C(=O)OC(C)C(=O)c2ccc(Br)cc2)c1. The van der Waals surface area contributed by atoms with Crippen molar-refractivity contribution in [1.82, 2.24) is 0 Å². The Morgan fingerprint density at radius 3 is 2.35 bits per heavy atom. The lowest BCUT2D eigenvalue weighted by atomic mass is 10.1. The monoisotopic (exact) mass is 418 g/mol. The van der Waals surface area contributed by atoms with Gasteiger partial charge in [-0.15, -0.1) is 0 Å². The van der Waals surface area contributed by atoms with E-state index < -0.39 is 12.1 Å². The fraction of sp³-hybridized carbons (Fsp3) is 0.200. The van der Waals surface area contributed by atoms with Crippen LogP contribution in [0.25, 0.3) is 6.08 Å². The zero-order chi connectivity index (χ0) is 19.1. The summed E-state index contributed by atoms with van der Waals surface area (Å²) in [6, 6.07) is 12.1. The zero-order valence-corrected chi connectivity index (χ0v) is 16.3. The summed E-state index contributed by atoms with van der Waals surface area (Å²) in [5.41, 5.74) is 1.14. The van der Waals surface area contributed by atoms with Gasteiger partial charge in [-0.3, -0.25) is 4.79 Å².